The molecule has 0 bridgehead atoms. The molecule has 2 N–H and O–H groups in total. The minimum atomic E-state index is -0.854. The summed E-state index contributed by atoms with van der Waals surface area (Å²) in [5.74, 6) is -2.87. The van der Waals surface area contributed by atoms with Crippen molar-refractivity contribution in [3.05, 3.63) is 65.9 Å². The number of aryl methyl sites for hydroxylation is 1. The van der Waals surface area contributed by atoms with Crippen molar-refractivity contribution in [2.45, 2.75) is 19.9 Å². The molecule has 3 rings (SSSR count). The average molecular weight is 371 g/mol. The summed E-state index contributed by atoms with van der Waals surface area (Å²) in [7, 11) is 0. The van der Waals surface area contributed by atoms with Crippen LogP contribution in [0.15, 0.2) is 48.7 Å². The number of aromatic nitrogens is 1. The van der Waals surface area contributed by atoms with Gasteiger partial charge in [-0.3, -0.25) is 9.59 Å². The lowest BCUT2D eigenvalue weighted by atomic mass is 10.2. The van der Waals surface area contributed by atoms with Crippen LogP contribution < -0.4 is 10.6 Å². The van der Waals surface area contributed by atoms with Gasteiger partial charge in [0.1, 0.15) is 11.6 Å². The largest absolute Gasteiger partial charge is 0.347 e. The quantitative estimate of drug-likeness (QED) is 0.694. The van der Waals surface area contributed by atoms with E-state index in [4.69, 9.17) is 0 Å². The van der Waals surface area contributed by atoms with Crippen LogP contribution in [0.5, 0.6) is 0 Å². The topological polar surface area (TPSA) is 63.1 Å². The van der Waals surface area contributed by atoms with Crippen molar-refractivity contribution in [3.63, 3.8) is 0 Å². The first-order valence-electron chi connectivity index (χ1n) is 8.59. The van der Waals surface area contributed by atoms with Crippen molar-refractivity contribution in [2.75, 3.05) is 11.9 Å². The predicted molar refractivity (Wildman–Crippen MR) is 99.5 cm³/mol. The van der Waals surface area contributed by atoms with E-state index in [2.05, 4.69) is 22.1 Å². The van der Waals surface area contributed by atoms with E-state index in [9.17, 15) is 18.4 Å². The first-order valence-corrected chi connectivity index (χ1v) is 8.59. The molecule has 0 fully saturated rings. The van der Waals surface area contributed by atoms with Gasteiger partial charge in [-0.2, -0.15) is 0 Å². The van der Waals surface area contributed by atoms with Crippen molar-refractivity contribution in [1.29, 1.82) is 0 Å². The second-order valence-corrected chi connectivity index (χ2v) is 6.17. The molecular formula is C20H19F2N3O2. The second kappa shape index (κ2) is 7.99. The van der Waals surface area contributed by atoms with Crippen LogP contribution in [-0.2, 0) is 11.3 Å². The fourth-order valence-corrected chi connectivity index (χ4v) is 2.87. The number of halogens is 2. The van der Waals surface area contributed by atoms with E-state index in [-0.39, 0.29) is 12.1 Å². The third kappa shape index (κ3) is 4.49. The highest BCUT2D eigenvalue weighted by molar-refractivity contribution is 6.00. The van der Waals surface area contributed by atoms with E-state index in [0.29, 0.717) is 11.8 Å². The fraction of sp³-hybridized carbons (Fsp3) is 0.200. The molecule has 1 heterocycles. The lowest BCUT2D eigenvalue weighted by molar-refractivity contribution is -0.115. The van der Waals surface area contributed by atoms with E-state index < -0.39 is 23.4 Å². The Hall–Kier alpha value is -3.22. The van der Waals surface area contributed by atoms with E-state index in [0.717, 1.165) is 36.0 Å². The maximum atomic E-state index is 13.2. The van der Waals surface area contributed by atoms with Gasteiger partial charge in [-0.25, -0.2) is 8.78 Å². The Labute approximate surface area is 155 Å². The third-order valence-corrected chi connectivity index (χ3v) is 4.05. The number of amides is 2. The molecule has 0 saturated carbocycles. The first-order chi connectivity index (χ1) is 13.0. The van der Waals surface area contributed by atoms with Crippen LogP contribution in [0.25, 0.3) is 10.9 Å². The van der Waals surface area contributed by atoms with Gasteiger partial charge < -0.3 is 15.2 Å². The average Bonchev–Trinajstić information content (AvgIpc) is 3.01. The highest BCUT2D eigenvalue weighted by Gasteiger charge is 2.11. The lowest BCUT2D eigenvalue weighted by Gasteiger charge is -2.08. The molecule has 1 aromatic heterocycles. The number of nitrogens with one attached hydrogen (secondary N) is 2. The first kappa shape index (κ1) is 18.6. The number of hydrogen-bond donors (Lipinski definition) is 2. The van der Waals surface area contributed by atoms with E-state index in [1.54, 1.807) is 6.07 Å². The number of rotatable bonds is 6. The fourth-order valence-electron chi connectivity index (χ4n) is 2.87. The summed E-state index contributed by atoms with van der Waals surface area (Å²) in [5.41, 5.74) is 1.50. The molecule has 7 heteroatoms. The zero-order valence-corrected chi connectivity index (χ0v) is 14.8. The summed E-state index contributed by atoms with van der Waals surface area (Å²) >= 11 is 0. The minimum absolute atomic E-state index is 0.181. The van der Waals surface area contributed by atoms with Gasteiger partial charge in [0.25, 0.3) is 5.91 Å². The number of carbonyl (C=O) groups excluding carboxylic acids is 2. The molecule has 0 radical (unpaired) electrons. The Morgan fingerprint density at radius 2 is 1.78 bits per heavy atom. The standard InChI is InChI=1S/C20H19F2N3O2/c1-2-6-25-7-5-13-10-17(3-4-18(13)25)24-19(26)12-23-20(27)14-8-15(21)11-16(22)9-14/h3-5,7-11H,2,6,12H2,1H3,(H,23,27)(H,24,26). The molecule has 0 atom stereocenters. The van der Waals surface area contributed by atoms with Gasteiger partial charge in [0.05, 0.1) is 6.54 Å². The summed E-state index contributed by atoms with van der Waals surface area (Å²) in [6, 6.07) is 10.0. The Morgan fingerprint density at radius 1 is 1.04 bits per heavy atom. The molecule has 5 nitrogen and oxygen atoms in total. The Bertz CT molecular complexity index is 978. The number of nitrogens with zero attached hydrogens (tertiary/aromatic N) is 1. The van der Waals surface area contributed by atoms with E-state index in [1.807, 2.05) is 24.4 Å². The molecular weight excluding hydrogens is 352 g/mol. The molecule has 0 unspecified atom stereocenters. The van der Waals surface area contributed by atoms with E-state index >= 15 is 0 Å². The van der Waals surface area contributed by atoms with Gasteiger partial charge in [-0.15, -0.1) is 0 Å². The summed E-state index contributed by atoms with van der Waals surface area (Å²) in [4.78, 5) is 24.0. The molecule has 0 saturated heterocycles. The highest BCUT2D eigenvalue weighted by Crippen LogP contribution is 2.20. The highest BCUT2D eigenvalue weighted by atomic mass is 19.1. The summed E-state index contributed by atoms with van der Waals surface area (Å²) in [6.45, 7) is 2.71. The molecule has 0 aliphatic rings. The van der Waals surface area contributed by atoms with Crippen LogP contribution in [0, 0.1) is 11.6 Å². The molecule has 140 valence electrons. The van der Waals surface area contributed by atoms with Crippen LogP contribution >= 0.6 is 0 Å². The molecule has 0 aliphatic heterocycles. The maximum absolute atomic E-state index is 13.2. The number of fused-ring (bicyclic) bond motifs is 1. The van der Waals surface area contributed by atoms with Crippen LogP contribution in [0.4, 0.5) is 14.5 Å². The van der Waals surface area contributed by atoms with Gasteiger partial charge in [0.15, 0.2) is 0 Å². The third-order valence-electron chi connectivity index (χ3n) is 4.05. The van der Waals surface area contributed by atoms with Crippen molar-refractivity contribution >= 4 is 28.4 Å². The molecule has 0 aliphatic carbocycles. The van der Waals surface area contributed by atoms with Crippen LogP contribution in [0.2, 0.25) is 0 Å². The zero-order valence-electron chi connectivity index (χ0n) is 14.8. The number of benzene rings is 2. The van der Waals surface area contributed by atoms with E-state index in [1.165, 1.54) is 0 Å². The van der Waals surface area contributed by atoms with Crippen LogP contribution in [0.3, 0.4) is 0 Å². The monoisotopic (exact) mass is 371 g/mol. The van der Waals surface area contributed by atoms with Crippen LogP contribution in [-0.4, -0.2) is 22.9 Å². The minimum Gasteiger partial charge on any atom is -0.347 e. The second-order valence-electron chi connectivity index (χ2n) is 6.17. The molecule has 0 spiro atoms. The van der Waals surface area contributed by atoms with Crippen LogP contribution in [0.1, 0.15) is 23.7 Å². The van der Waals surface area contributed by atoms with Gasteiger partial charge >= 0.3 is 0 Å². The summed E-state index contributed by atoms with van der Waals surface area (Å²) < 4.78 is 28.4. The van der Waals surface area contributed by atoms with Gasteiger partial charge in [0.2, 0.25) is 5.91 Å². The Balaban J connectivity index is 1.60. The smallest absolute Gasteiger partial charge is 0.251 e. The van der Waals surface area contributed by atoms with Crippen molar-refractivity contribution in [3.8, 4) is 0 Å². The van der Waals surface area contributed by atoms with Crippen molar-refractivity contribution in [1.82, 2.24) is 9.88 Å². The maximum Gasteiger partial charge on any atom is 0.251 e. The van der Waals surface area contributed by atoms with Crippen molar-refractivity contribution in [2.24, 2.45) is 0 Å². The molecule has 27 heavy (non-hydrogen) atoms. The summed E-state index contributed by atoms with van der Waals surface area (Å²) in [5, 5.41) is 6.04. The van der Waals surface area contributed by atoms with Crippen molar-refractivity contribution < 1.29 is 18.4 Å². The molecule has 3 aromatic rings. The normalized spacial score (nSPS) is 10.8. The molecule has 2 amide bonds. The number of anilines is 1. The number of carbonyl (C=O) groups is 2. The lowest BCUT2D eigenvalue weighted by Crippen LogP contribution is -2.32. The predicted octanol–water partition coefficient (Wildman–Crippen LogP) is 3.70. The van der Waals surface area contributed by atoms with Gasteiger partial charge in [-0.1, -0.05) is 6.92 Å². The van der Waals surface area contributed by atoms with Gasteiger partial charge in [-0.05, 0) is 42.8 Å². The Morgan fingerprint density at radius 3 is 2.48 bits per heavy atom. The summed E-state index contributed by atoms with van der Waals surface area (Å²) in [6.07, 6.45) is 3.02. The SMILES string of the molecule is CCCn1ccc2cc(NC(=O)CNC(=O)c3cc(F)cc(F)c3)ccc21. The number of hydrogen-bond acceptors (Lipinski definition) is 2. The Kier molecular flexibility index (Phi) is 5.49. The zero-order chi connectivity index (χ0) is 19.4. The van der Waals surface area contributed by atoms with Gasteiger partial charge in [0, 0.05) is 41.0 Å². The molecule has 2 aromatic carbocycles.